The van der Waals surface area contributed by atoms with Crippen molar-refractivity contribution in [3.8, 4) is 5.75 Å². The van der Waals surface area contributed by atoms with Crippen LogP contribution in [0, 0.1) is 4.77 Å². The zero-order chi connectivity index (χ0) is 14.7. The molecule has 0 radical (unpaired) electrons. The average Bonchev–Trinajstić information content (AvgIpc) is 2.73. The minimum absolute atomic E-state index is 0.131. The molecule has 0 saturated carbocycles. The van der Waals surface area contributed by atoms with Gasteiger partial charge in [-0.2, -0.15) is 0 Å². The topological polar surface area (TPSA) is 39.2 Å². The van der Waals surface area contributed by atoms with Gasteiger partial charge in [0.05, 0.1) is 24.3 Å². The van der Waals surface area contributed by atoms with Crippen molar-refractivity contribution in [3.05, 3.63) is 23.0 Å². The summed E-state index contributed by atoms with van der Waals surface area (Å²) in [7, 11) is 0. The number of hydrogen-bond donors (Lipinski definition) is 1. The first-order chi connectivity index (χ1) is 9.54. The fourth-order valence-corrected chi connectivity index (χ4v) is 2.66. The van der Waals surface area contributed by atoms with Crippen molar-refractivity contribution in [2.45, 2.75) is 39.8 Å². The van der Waals surface area contributed by atoms with Crippen LogP contribution in [0.1, 0.15) is 33.7 Å². The summed E-state index contributed by atoms with van der Waals surface area (Å²) >= 11 is 5.45. The predicted molar refractivity (Wildman–Crippen MR) is 84.1 cm³/mol. The lowest BCUT2D eigenvalue weighted by molar-refractivity contribution is 0.119. The first-order valence-electron chi connectivity index (χ1n) is 7.02. The molecule has 1 unspecified atom stereocenters. The number of fused-ring (bicyclic) bond motifs is 1. The molecule has 0 aliphatic carbocycles. The standard InChI is InChI=1S/C15H22N2O2S/c1-5-18-9-11(4)17-12-7-6-8-13(19-10(2)3)14(12)16-15(17)20/h6-8,10-11H,5,9H2,1-4H3,(H,16,20). The van der Waals surface area contributed by atoms with E-state index in [-0.39, 0.29) is 12.1 Å². The second kappa shape index (κ2) is 6.41. The van der Waals surface area contributed by atoms with E-state index in [1.807, 2.05) is 32.9 Å². The number of aromatic nitrogens is 2. The lowest BCUT2D eigenvalue weighted by atomic mass is 10.2. The Hall–Kier alpha value is -1.33. The summed E-state index contributed by atoms with van der Waals surface area (Å²) < 4.78 is 14.1. The van der Waals surface area contributed by atoms with Crippen molar-refractivity contribution >= 4 is 23.3 Å². The van der Waals surface area contributed by atoms with Crippen LogP contribution in [0.5, 0.6) is 5.75 Å². The molecule has 0 spiro atoms. The van der Waals surface area contributed by atoms with Crippen molar-refractivity contribution in [2.24, 2.45) is 0 Å². The van der Waals surface area contributed by atoms with Crippen LogP contribution in [0.15, 0.2) is 18.2 Å². The van der Waals surface area contributed by atoms with Gasteiger partial charge in [0.1, 0.15) is 11.3 Å². The molecule has 20 heavy (non-hydrogen) atoms. The van der Waals surface area contributed by atoms with Crippen LogP contribution >= 0.6 is 12.2 Å². The summed E-state index contributed by atoms with van der Waals surface area (Å²) in [6, 6.07) is 6.19. The third-order valence-electron chi connectivity index (χ3n) is 3.08. The van der Waals surface area contributed by atoms with Gasteiger partial charge in [-0.1, -0.05) is 6.07 Å². The van der Waals surface area contributed by atoms with Crippen LogP contribution in [0.2, 0.25) is 0 Å². The van der Waals surface area contributed by atoms with Crippen LogP contribution in [-0.4, -0.2) is 28.9 Å². The van der Waals surface area contributed by atoms with Crippen LogP contribution in [0.25, 0.3) is 11.0 Å². The quantitative estimate of drug-likeness (QED) is 0.816. The first-order valence-corrected chi connectivity index (χ1v) is 7.43. The van der Waals surface area contributed by atoms with Gasteiger partial charge in [0.2, 0.25) is 0 Å². The number of para-hydroxylation sites is 1. The van der Waals surface area contributed by atoms with Gasteiger partial charge in [-0.25, -0.2) is 0 Å². The Morgan fingerprint density at radius 3 is 2.70 bits per heavy atom. The summed E-state index contributed by atoms with van der Waals surface area (Å²) in [5, 5.41) is 0. The second-order valence-electron chi connectivity index (χ2n) is 5.13. The van der Waals surface area contributed by atoms with Gasteiger partial charge in [-0.05, 0) is 52.0 Å². The number of nitrogens with one attached hydrogen (secondary N) is 1. The predicted octanol–water partition coefficient (Wildman–Crippen LogP) is 4.08. The number of benzene rings is 1. The van der Waals surface area contributed by atoms with Crippen molar-refractivity contribution in [2.75, 3.05) is 13.2 Å². The minimum atomic E-state index is 0.131. The van der Waals surface area contributed by atoms with E-state index in [0.717, 1.165) is 16.8 Å². The molecule has 0 amide bonds. The largest absolute Gasteiger partial charge is 0.489 e. The number of rotatable bonds is 6. The second-order valence-corrected chi connectivity index (χ2v) is 5.51. The zero-order valence-electron chi connectivity index (χ0n) is 12.5. The molecule has 1 heterocycles. The molecule has 0 fully saturated rings. The maximum absolute atomic E-state index is 5.83. The Labute approximate surface area is 124 Å². The molecule has 4 nitrogen and oxygen atoms in total. The average molecular weight is 294 g/mol. The molecule has 0 bridgehead atoms. The number of ether oxygens (including phenoxy) is 2. The Morgan fingerprint density at radius 2 is 2.05 bits per heavy atom. The molecule has 0 aliphatic heterocycles. The highest BCUT2D eigenvalue weighted by molar-refractivity contribution is 7.71. The van der Waals surface area contributed by atoms with Gasteiger partial charge in [-0.3, -0.25) is 0 Å². The van der Waals surface area contributed by atoms with Crippen molar-refractivity contribution in [1.82, 2.24) is 9.55 Å². The van der Waals surface area contributed by atoms with Gasteiger partial charge in [0, 0.05) is 6.61 Å². The molecular weight excluding hydrogens is 272 g/mol. The molecular formula is C15H22N2O2S. The number of aromatic amines is 1. The third-order valence-corrected chi connectivity index (χ3v) is 3.38. The fraction of sp³-hybridized carbons (Fsp3) is 0.533. The van der Waals surface area contributed by atoms with Crippen molar-refractivity contribution in [3.63, 3.8) is 0 Å². The van der Waals surface area contributed by atoms with E-state index >= 15 is 0 Å². The maximum Gasteiger partial charge on any atom is 0.178 e. The molecule has 0 saturated heterocycles. The highest BCUT2D eigenvalue weighted by Gasteiger charge is 2.14. The number of hydrogen-bond acceptors (Lipinski definition) is 3. The molecule has 1 N–H and O–H groups in total. The van der Waals surface area contributed by atoms with Crippen LogP contribution < -0.4 is 4.74 Å². The van der Waals surface area contributed by atoms with Gasteiger partial charge >= 0.3 is 0 Å². The number of nitrogens with zero attached hydrogens (tertiary/aromatic N) is 1. The summed E-state index contributed by atoms with van der Waals surface area (Å²) in [6.45, 7) is 9.49. The highest BCUT2D eigenvalue weighted by atomic mass is 32.1. The van der Waals surface area contributed by atoms with Crippen LogP contribution in [0.4, 0.5) is 0 Å². The molecule has 2 aromatic rings. The van der Waals surface area contributed by atoms with Gasteiger partial charge in [-0.15, -0.1) is 0 Å². The van der Waals surface area contributed by atoms with E-state index in [1.165, 1.54) is 0 Å². The van der Waals surface area contributed by atoms with Gasteiger partial charge in [0.15, 0.2) is 4.77 Å². The van der Waals surface area contributed by atoms with Gasteiger partial charge in [0.25, 0.3) is 0 Å². The Kier molecular flexibility index (Phi) is 4.83. The third kappa shape index (κ3) is 3.04. The minimum Gasteiger partial charge on any atom is -0.489 e. The lowest BCUT2D eigenvalue weighted by Crippen LogP contribution is -2.12. The molecule has 110 valence electrons. The summed E-state index contributed by atoms with van der Waals surface area (Å²) in [4.78, 5) is 3.26. The van der Waals surface area contributed by atoms with E-state index in [1.54, 1.807) is 0 Å². The zero-order valence-corrected chi connectivity index (χ0v) is 13.3. The fourth-order valence-electron chi connectivity index (χ4n) is 2.28. The highest BCUT2D eigenvalue weighted by Crippen LogP contribution is 2.28. The van der Waals surface area contributed by atoms with Crippen LogP contribution in [0.3, 0.4) is 0 Å². The smallest absolute Gasteiger partial charge is 0.178 e. The van der Waals surface area contributed by atoms with Crippen molar-refractivity contribution < 1.29 is 9.47 Å². The van der Waals surface area contributed by atoms with E-state index < -0.39 is 0 Å². The monoisotopic (exact) mass is 294 g/mol. The number of H-pyrrole nitrogens is 1. The first kappa shape index (κ1) is 15.1. The van der Waals surface area contributed by atoms with E-state index in [4.69, 9.17) is 21.7 Å². The number of imidazole rings is 1. The summed E-state index contributed by atoms with van der Waals surface area (Å²) in [5.74, 6) is 0.839. The lowest BCUT2D eigenvalue weighted by Gasteiger charge is -2.15. The summed E-state index contributed by atoms with van der Waals surface area (Å²) in [6.07, 6.45) is 0.131. The molecule has 5 heteroatoms. The van der Waals surface area contributed by atoms with E-state index in [0.29, 0.717) is 18.0 Å². The Balaban J connectivity index is 2.46. The van der Waals surface area contributed by atoms with Crippen molar-refractivity contribution in [1.29, 1.82) is 0 Å². The normalized spacial score (nSPS) is 13.1. The van der Waals surface area contributed by atoms with Gasteiger partial charge < -0.3 is 19.0 Å². The van der Waals surface area contributed by atoms with E-state index in [9.17, 15) is 0 Å². The van der Waals surface area contributed by atoms with Crippen LogP contribution in [-0.2, 0) is 4.74 Å². The molecule has 1 aromatic carbocycles. The Bertz CT molecular complexity index is 630. The maximum atomic E-state index is 5.83. The summed E-state index contributed by atoms with van der Waals surface area (Å²) in [5.41, 5.74) is 2.01. The molecule has 2 rings (SSSR count). The Morgan fingerprint density at radius 1 is 1.30 bits per heavy atom. The molecule has 1 atom stereocenters. The van der Waals surface area contributed by atoms with E-state index in [2.05, 4.69) is 22.5 Å². The SMILES string of the molecule is CCOCC(C)n1c(=S)[nH]c2c(OC(C)C)cccc21. The molecule has 1 aromatic heterocycles. The molecule has 0 aliphatic rings.